The van der Waals surface area contributed by atoms with Gasteiger partial charge >= 0.3 is 0 Å². The lowest BCUT2D eigenvalue weighted by Gasteiger charge is -2.26. The molecular weight excluding hydrogens is 1320 g/mol. The molecule has 0 heterocycles. The van der Waals surface area contributed by atoms with Crippen LogP contribution in [0.5, 0.6) is 0 Å². The van der Waals surface area contributed by atoms with E-state index in [1.807, 2.05) is 0 Å². The molecule has 0 aliphatic heterocycles. The number of halogens is 2. The van der Waals surface area contributed by atoms with Crippen LogP contribution >= 0.6 is 15.9 Å². The van der Waals surface area contributed by atoms with Crippen molar-refractivity contribution in [2.75, 3.05) is 17.0 Å². The molecule has 4 heteroatoms. The van der Waals surface area contributed by atoms with Crippen LogP contribution in [0.15, 0.2) is 382 Å². The van der Waals surface area contributed by atoms with Crippen LogP contribution in [0.1, 0.15) is 40.3 Å². The molecule has 490 valence electrons. The van der Waals surface area contributed by atoms with Crippen LogP contribution in [0, 0.1) is 0 Å². The summed E-state index contributed by atoms with van der Waals surface area (Å²) in [6.07, 6.45) is 1.92. The molecule has 19 rings (SSSR count). The molecule has 16 aromatic carbocycles. The summed E-state index contributed by atoms with van der Waals surface area (Å²) in [6, 6.07) is 139. The minimum atomic E-state index is -1.00. The van der Waals surface area contributed by atoms with Gasteiger partial charge in [-0.15, -0.1) is 0 Å². The van der Waals surface area contributed by atoms with E-state index >= 15 is 0 Å². The van der Waals surface area contributed by atoms with Crippen molar-refractivity contribution in [1.29, 1.82) is 0 Å². The lowest BCUT2D eigenvalue weighted by Crippen LogP contribution is -2.09. The number of rotatable bonds is 13. The second-order valence-corrected chi connectivity index (χ2v) is 27.2. The smallest absolute Gasteiger partial charge is 0.0785 e. The zero-order chi connectivity index (χ0) is 69.9. The van der Waals surface area contributed by atoms with Gasteiger partial charge in [-0.25, -0.2) is 0 Å². The fraction of sp³-hybridized carbons (Fsp3) is 0.0303. The number of alkyl halides is 1. The van der Waals surface area contributed by atoms with E-state index in [4.69, 9.17) is 1.37 Å². The van der Waals surface area contributed by atoms with Crippen LogP contribution in [-0.4, -0.2) is 7.15 Å². The van der Waals surface area contributed by atoms with Gasteiger partial charge in [0.2, 0.25) is 0 Å². The number of benzene rings is 16. The molecule has 0 atom stereocenters. The van der Waals surface area contributed by atoms with Gasteiger partial charge in [0.1, 0.15) is 0 Å². The Bertz CT molecular complexity index is 5670. The molecular formula is C99H70BrFN2. The SMILES string of the molecule is BrC1=C(c2cccc3ccccc23)Cc2ccc(-c3ccc(N(c4ccc(-c5ccccc5)cc4)c4ccc(-c5ccccc5)cc4)cc3)cc21.[2H]CF.c1ccc(-c2ccc(N(c3ccc(-c4ccccc4)cc3)c3ccc(-c4ccc5c(c4)C4=C(C5)c5cccc6cccc4c56)cc3)cc2)cc1. The van der Waals surface area contributed by atoms with E-state index in [2.05, 4.69) is 408 Å². The highest BCUT2D eigenvalue weighted by molar-refractivity contribution is 9.15. The number of fused-ring (bicyclic) bond motifs is 6. The van der Waals surface area contributed by atoms with Crippen molar-refractivity contribution < 1.29 is 5.76 Å². The summed E-state index contributed by atoms with van der Waals surface area (Å²) in [5.74, 6) is 0. The third-order valence-corrected chi connectivity index (χ3v) is 21.4. The summed E-state index contributed by atoms with van der Waals surface area (Å²) in [6.45, 7) is 0. The molecule has 0 amide bonds. The van der Waals surface area contributed by atoms with E-state index in [1.165, 1.54) is 148 Å². The van der Waals surface area contributed by atoms with E-state index < -0.39 is 7.15 Å². The zero-order valence-corrected chi connectivity index (χ0v) is 58.2. The van der Waals surface area contributed by atoms with Crippen LogP contribution in [0.3, 0.4) is 0 Å². The van der Waals surface area contributed by atoms with Crippen molar-refractivity contribution in [1.82, 2.24) is 0 Å². The Morgan fingerprint density at radius 2 is 0.553 bits per heavy atom. The summed E-state index contributed by atoms with van der Waals surface area (Å²) in [4.78, 5) is 4.69. The standard InChI is InChI=1S/C49H34BrN.C49H33N.CH3F/c50-49-47-32-40(18-19-41(47)33-48(49)46-17-9-15-39-14-7-8-16-45(39)46)38-24-30-44(31-25-38)51(42-26-20-36(21-27-42)34-10-3-1-4-11-34)43-28-22-37(23-29-43)35-12-5-2-6-13-35;1-3-9-33(10-4-1)35-19-25-41(26-20-35)50(42-27-21-36(22-28-42)34-11-5-2-6-12-34)43-29-23-37(24-30-43)39-17-18-40-32-47-44-15-7-13-38-14-8-16-45(48(38)44)49(47)46(40)31-39;1-2/h1-32H,33H2;1-31H,32H2;1H3/i;;1D. The van der Waals surface area contributed by atoms with Crippen LogP contribution < -0.4 is 9.80 Å². The molecule has 0 saturated heterocycles. The maximum atomic E-state index is 9.96. The molecule has 2 nitrogen and oxygen atoms in total. The minimum Gasteiger partial charge on any atom is -0.311 e. The third kappa shape index (κ3) is 12.5. The Balaban J connectivity index is 0.000000148. The monoisotopic (exact) mass is 1390 g/mol. The van der Waals surface area contributed by atoms with E-state index in [0.29, 0.717) is 0 Å². The van der Waals surface area contributed by atoms with Gasteiger partial charge in [0.15, 0.2) is 0 Å². The van der Waals surface area contributed by atoms with E-state index in [-0.39, 0.29) is 0 Å². The molecule has 0 unspecified atom stereocenters. The maximum Gasteiger partial charge on any atom is 0.0785 e. The average Bonchev–Trinajstić information content (AvgIpc) is 1.55. The number of nitrogens with zero attached hydrogens (tertiary/aromatic N) is 2. The first kappa shape index (κ1) is 62.8. The quantitative estimate of drug-likeness (QED) is 0.114. The predicted molar refractivity (Wildman–Crippen MR) is 439 cm³/mol. The zero-order valence-electron chi connectivity index (χ0n) is 57.6. The predicted octanol–water partition coefficient (Wildman–Crippen LogP) is 27.9. The van der Waals surface area contributed by atoms with Crippen molar-refractivity contribution in [3.8, 4) is 66.8 Å². The molecule has 103 heavy (non-hydrogen) atoms. The van der Waals surface area contributed by atoms with Crippen LogP contribution in [0.2, 0.25) is 0 Å². The molecule has 0 fully saturated rings. The molecule has 0 radical (unpaired) electrons. The van der Waals surface area contributed by atoms with Crippen molar-refractivity contribution in [2.45, 2.75) is 12.8 Å². The number of allylic oxidation sites excluding steroid dienone is 2. The van der Waals surface area contributed by atoms with Crippen LogP contribution in [0.25, 0.3) is 110 Å². The van der Waals surface area contributed by atoms with Crippen molar-refractivity contribution in [2.24, 2.45) is 0 Å². The fourth-order valence-corrected chi connectivity index (χ4v) is 16.1. The summed E-state index contributed by atoms with van der Waals surface area (Å²) in [5.41, 5.74) is 35.0. The van der Waals surface area contributed by atoms with E-state index in [1.54, 1.807) is 0 Å². The average molecular weight is 1390 g/mol. The lowest BCUT2D eigenvalue weighted by molar-refractivity contribution is 0.636. The van der Waals surface area contributed by atoms with Gasteiger partial charge in [-0.2, -0.15) is 0 Å². The van der Waals surface area contributed by atoms with Crippen molar-refractivity contribution >= 4 is 92.8 Å². The van der Waals surface area contributed by atoms with Gasteiger partial charge in [-0.3, -0.25) is 4.39 Å². The van der Waals surface area contributed by atoms with Gasteiger partial charge in [-0.05, 0) is 258 Å². The molecule has 0 N–H and O–H groups in total. The van der Waals surface area contributed by atoms with Gasteiger partial charge in [-0.1, -0.05) is 297 Å². The fourth-order valence-electron chi connectivity index (χ4n) is 15.4. The summed E-state index contributed by atoms with van der Waals surface area (Å²) >= 11 is 4.03. The Kier molecular flexibility index (Phi) is 17.2. The molecule has 0 spiro atoms. The molecule has 0 bridgehead atoms. The Hall–Kier alpha value is -12.5. The third-order valence-electron chi connectivity index (χ3n) is 20.5. The van der Waals surface area contributed by atoms with Crippen molar-refractivity contribution in [3.63, 3.8) is 0 Å². The van der Waals surface area contributed by atoms with Gasteiger partial charge in [0.25, 0.3) is 0 Å². The molecule has 3 aliphatic carbocycles. The molecule has 0 aromatic heterocycles. The summed E-state index contributed by atoms with van der Waals surface area (Å²) in [7, 11) is -1.00. The first-order valence-corrected chi connectivity index (χ1v) is 35.9. The van der Waals surface area contributed by atoms with E-state index in [9.17, 15) is 4.39 Å². The Morgan fingerprint density at radius 1 is 0.262 bits per heavy atom. The largest absolute Gasteiger partial charge is 0.311 e. The minimum absolute atomic E-state index is 0.921. The topological polar surface area (TPSA) is 6.48 Å². The summed E-state index contributed by atoms with van der Waals surface area (Å²) in [5, 5.41) is 5.31. The van der Waals surface area contributed by atoms with Crippen LogP contribution in [-0.2, 0) is 12.8 Å². The first-order chi connectivity index (χ1) is 51.4. The molecule has 3 aliphatic rings. The number of anilines is 6. The highest BCUT2D eigenvalue weighted by Gasteiger charge is 2.32. The highest BCUT2D eigenvalue weighted by atomic mass is 79.9. The second-order valence-electron chi connectivity index (χ2n) is 26.4. The highest BCUT2D eigenvalue weighted by Crippen LogP contribution is 2.52. The Labute approximate surface area is 612 Å². The lowest BCUT2D eigenvalue weighted by atomic mass is 9.93. The second kappa shape index (κ2) is 28.3. The van der Waals surface area contributed by atoms with Crippen LogP contribution in [0.4, 0.5) is 38.5 Å². The summed E-state index contributed by atoms with van der Waals surface area (Å²) < 4.78 is 16.7. The number of hydrogen-bond donors (Lipinski definition) is 0. The first-order valence-electron chi connectivity index (χ1n) is 35.8. The van der Waals surface area contributed by atoms with Crippen molar-refractivity contribution in [3.05, 3.63) is 421 Å². The maximum absolute atomic E-state index is 9.96. The van der Waals surface area contributed by atoms with Gasteiger partial charge < -0.3 is 9.80 Å². The normalized spacial score (nSPS) is 12.4. The molecule has 0 saturated carbocycles. The number of hydrogen-bond acceptors (Lipinski definition) is 2. The van der Waals surface area contributed by atoms with E-state index in [0.717, 1.165) is 47.0 Å². The molecule has 16 aromatic rings. The van der Waals surface area contributed by atoms with Gasteiger partial charge in [0, 0.05) is 38.6 Å². The Morgan fingerprint density at radius 3 is 0.961 bits per heavy atom. The van der Waals surface area contributed by atoms with Gasteiger partial charge in [0.05, 0.1) is 8.52 Å².